The topological polar surface area (TPSA) is 52.0 Å². The Morgan fingerprint density at radius 2 is 1.86 bits per heavy atom. The van der Waals surface area contributed by atoms with Crippen LogP contribution in [0.1, 0.15) is 11.1 Å². The van der Waals surface area contributed by atoms with Gasteiger partial charge in [0.05, 0.1) is 16.3 Å². The second-order valence-electron chi connectivity index (χ2n) is 2.73. The van der Waals surface area contributed by atoms with Gasteiger partial charge in [0.1, 0.15) is 0 Å². The van der Waals surface area contributed by atoms with Gasteiger partial charge in [0.25, 0.3) is 0 Å². The molecule has 0 aliphatic rings. The van der Waals surface area contributed by atoms with Crippen molar-refractivity contribution in [2.75, 3.05) is 5.73 Å². The van der Waals surface area contributed by atoms with Crippen molar-refractivity contribution in [2.24, 2.45) is 5.73 Å². The summed E-state index contributed by atoms with van der Waals surface area (Å²) < 4.78 is 36.8. The minimum absolute atomic E-state index is 0.0739. The second-order valence-corrected chi connectivity index (χ2v) is 3.14. The summed E-state index contributed by atoms with van der Waals surface area (Å²) in [5, 5.41) is -0.125. The lowest BCUT2D eigenvalue weighted by Gasteiger charge is -2.11. The summed E-state index contributed by atoms with van der Waals surface area (Å²) >= 11 is 5.52. The third-order valence-electron chi connectivity index (χ3n) is 1.76. The largest absolute Gasteiger partial charge is 0.416 e. The van der Waals surface area contributed by atoms with E-state index in [9.17, 15) is 13.2 Å². The highest BCUT2D eigenvalue weighted by molar-refractivity contribution is 6.33. The number of benzene rings is 1. The van der Waals surface area contributed by atoms with E-state index < -0.39 is 11.7 Å². The van der Waals surface area contributed by atoms with E-state index in [-0.39, 0.29) is 22.8 Å². The zero-order chi connectivity index (χ0) is 10.9. The first-order valence-corrected chi connectivity index (χ1v) is 4.09. The molecule has 0 amide bonds. The third-order valence-corrected chi connectivity index (χ3v) is 2.08. The van der Waals surface area contributed by atoms with Crippen molar-refractivity contribution in [3.8, 4) is 0 Å². The molecule has 0 spiro atoms. The van der Waals surface area contributed by atoms with Crippen molar-refractivity contribution in [3.63, 3.8) is 0 Å². The van der Waals surface area contributed by atoms with Gasteiger partial charge in [0, 0.05) is 6.54 Å². The van der Waals surface area contributed by atoms with Gasteiger partial charge < -0.3 is 11.5 Å². The second kappa shape index (κ2) is 3.67. The molecule has 0 aliphatic carbocycles. The van der Waals surface area contributed by atoms with Gasteiger partial charge in [-0.05, 0) is 17.7 Å². The number of anilines is 1. The van der Waals surface area contributed by atoms with E-state index in [2.05, 4.69) is 0 Å². The number of hydrogen-bond donors (Lipinski definition) is 2. The van der Waals surface area contributed by atoms with Crippen molar-refractivity contribution in [2.45, 2.75) is 12.7 Å². The highest BCUT2D eigenvalue weighted by Crippen LogP contribution is 2.34. The van der Waals surface area contributed by atoms with Crippen LogP contribution in [0.5, 0.6) is 0 Å². The van der Waals surface area contributed by atoms with Crippen LogP contribution >= 0.6 is 11.6 Å². The Bertz CT molecular complexity index is 349. The number of nitrogen functional groups attached to an aromatic ring is 1. The minimum Gasteiger partial charge on any atom is -0.397 e. The first-order valence-electron chi connectivity index (χ1n) is 3.71. The molecule has 0 fully saturated rings. The lowest BCUT2D eigenvalue weighted by atomic mass is 10.1. The smallest absolute Gasteiger partial charge is 0.397 e. The Hall–Kier alpha value is -0.940. The van der Waals surface area contributed by atoms with Gasteiger partial charge in [0.15, 0.2) is 0 Å². The summed E-state index contributed by atoms with van der Waals surface area (Å²) in [4.78, 5) is 0. The molecular weight excluding hydrogens is 217 g/mol. The van der Waals surface area contributed by atoms with Crippen LogP contribution in [0.4, 0.5) is 18.9 Å². The van der Waals surface area contributed by atoms with Gasteiger partial charge in [-0.25, -0.2) is 0 Å². The zero-order valence-corrected chi connectivity index (χ0v) is 7.78. The number of nitrogens with two attached hydrogens (primary N) is 2. The Balaban J connectivity index is 3.30. The molecule has 6 heteroatoms. The van der Waals surface area contributed by atoms with Crippen LogP contribution in [0.2, 0.25) is 5.02 Å². The molecule has 0 saturated carbocycles. The maximum atomic E-state index is 12.3. The maximum Gasteiger partial charge on any atom is 0.416 e. The van der Waals surface area contributed by atoms with Crippen molar-refractivity contribution < 1.29 is 13.2 Å². The molecule has 1 rings (SSSR count). The molecule has 0 aliphatic heterocycles. The Kier molecular flexibility index (Phi) is 2.92. The van der Waals surface area contributed by atoms with Crippen LogP contribution < -0.4 is 11.5 Å². The molecule has 78 valence electrons. The highest BCUT2D eigenvalue weighted by atomic mass is 35.5. The van der Waals surface area contributed by atoms with Crippen LogP contribution in [0.25, 0.3) is 0 Å². The van der Waals surface area contributed by atoms with E-state index in [0.717, 1.165) is 12.1 Å². The van der Waals surface area contributed by atoms with Crippen LogP contribution in [0.15, 0.2) is 12.1 Å². The Labute approximate surface area is 83.6 Å². The first kappa shape index (κ1) is 11.1. The predicted octanol–water partition coefficient (Wildman–Crippen LogP) is 2.40. The van der Waals surface area contributed by atoms with E-state index in [0.29, 0.717) is 0 Å². The molecular formula is C8H8ClF3N2. The SMILES string of the molecule is NCc1cc(C(F)(F)F)cc(Cl)c1N. The summed E-state index contributed by atoms with van der Waals surface area (Å²) in [5.41, 5.74) is 10.1. The van der Waals surface area contributed by atoms with Crippen molar-refractivity contribution in [3.05, 3.63) is 28.3 Å². The van der Waals surface area contributed by atoms with Crippen molar-refractivity contribution in [1.29, 1.82) is 0 Å². The zero-order valence-electron chi connectivity index (χ0n) is 7.03. The van der Waals surface area contributed by atoms with Gasteiger partial charge in [-0.1, -0.05) is 11.6 Å². The molecule has 0 saturated heterocycles. The molecule has 0 atom stereocenters. The monoisotopic (exact) mass is 224 g/mol. The molecule has 0 unspecified atom stereocenters. The predicted molar refractivity (Wildman–Crippen MR) is 48.8 cm³/mol. The fourth-order valence-corrected chi connectivity index (χ4v) is 1.25. The lowest BCUT2D eigenvalue weighted by molar-refractivity contribution is -0.137. The summed E-state index contributed by atoms with van der Waals surface area (Å²) in [6.45, 7) is -0.0739. The minimum atomic E-state index is -4.43. The number of halogens is 4. The van der Waals surface area contributed by atoms with E-state index in [1.807, 2.05) is 0 Å². The quantitative estimate of drug-likeness (QED) is 0.720. The van der Waals surface area contributed by atoms with Gasteiger partial charge in [-0.3, -0.25) is 0 Å². The van der Waals surface area contributed by atoms with E-state index >= 15 is 0 Å². The molecule has 1 aromatic carbocycles. The lowest BCUT2D eigenvalue weighted by Crippen LogP contribution is -2.09. The molecule has 14 heavy (non-hydrogen) atoms. The first-order chi connectivity index (χ1) is 6.36. The van der Waals surface area contributed by atoms with Gasteiger partial charge >= 0.3 is 6.18 Å². The standard InChI is InChI=1S/C8H8ClF3N2/c9-6-2-5(8(10,11)12)1-4(3-13)7(6)14/h1-2H,3,13-14H2. The molecule has 0 aromatic heterocycles. The third kappa shape index (κ3) is 2.10. The summed E-state index contributed by atoms with van der Waals surface area (Å²) in [5.74, 6) is 0. The van der Waals surface area contributed by atoms with E-state index in [1.165, 1.54) is 0 Å². The fraction of sp³-hybridized carbons (Fsp3) is 0.250. The Morgan fingerprint density at radius 3 is 2.29 bits per heavy atom. The van der Waals surface area contributed by atoms with E-state index in [1.54, 1.807) is 0 Å². The number of alkyl halides is 3. The molecule has 1 aromatic rings. The van der Waals surface area contributed by atoms with E-state index in [4.69, 9.17) is 23.1 Å². The molecule has 0 bridgehead atoms. The highest BCUT2D eigenvalue weighted by Gasteiger charge is 2.31. The summed E-state index contributed by atoms with van der Waals surface area (Å²) in [6, 6.07) is 1.69. The molecule has 4 N–H and O–H groups in total. The van der Waals surface area contributed by atoms with Gasteiger partial charge in [-0.2, -0.15) is 13.2 Å². The fourth-order valence-electron chi connectivity index (χ4n) is 1.01. The van der Waals surface area contributed by atoms with Crippen molar-refractivity contribution in [1.82, 2.24) is 0 Å². The van der Waals surface area contributed by atoms with Crippen LogP contribution in [0, 0.1) is 0 Å². The van der Waals surface area contributed by atoms with Crippen LogP contribution in [-0.4, -0.2) is 0 Å². The van der Waals surface area contributed by atoms with Crippen molar-refractivity contribution >= 4 is 17.3 Å². The molecule has 2 nitrogen and oxygen atoms in total. The van der Waals surface area contributed by atoms with Crippen LogP contribution in [0.3, 0.4) is 0 Å². The van der Waals surface area contributed by atoms with Crippen LogP contribution in [-0.2, 0) is 12.7 Å². The maximum absolute atomic E-state index is 12.3. The number of hydrogen-bond acceptors (Lipinski definition) is 2. The van der Waals surface area contributed by atoms with Gasteiger partial charge in [-0.15, -0.1) is 0 Å². The normalized spacial score (nSPS) is 11.8. The Morgan fingerprint density at radius 1 is 1.29 bits per heavy atom. The average Bonchev–Trinajstić information content (AvgIpc) is 2.07. The molecule has 0 heterocycles. The average molecular weight is 225 g/mol. The summed E-state index contributed by atoms with van der Waals surface area (Å²) in [7, 11) is 0. The number of rotatable bonds is 1. The van der Waals surface area contributed by atoms with Gasteiger partial charge in [0.2, 0.25) is 0 Å². The summed E-state index contributed by atoms with van der Waals surface area (Å²) in [6.07, 6.45) is -4.43. The molecule has 0 radical (unpaired) electrons.